The number of nitrogens with one attached hydrogen (secondary N) is 1. The number of hydrogen-bond donors (Lipinski definition) is 1. The Hall–Kier alpha value is -0.0800. The molecule has 0 amide bonds. The lowest BCUT2D eigenvalue weighted by atomic mass is 10.1. The summed E-state index contributed by atoms with van der Waals surface area (Å²) >= 11 is 0. The predicted octanol–water partition coefficient (Wildman–Crippen LogP) is 2.10. The lowest BCUT2D eigenvalue weighted by Crippen LogP contribution is -2.42. The molecule has 2 heteroatoms. The Labute approximate surface area is 94.4 Å². The van der Waals surface area contributed by atoms with Crippen molar-refractivity contribution < 1.29 is 0 Å². The molecule has 1 aliphatic heterocycles. The van der Waals surface area contributed by atoms with Gasteiger partial charge in [0.05, 0.1) is 0 Å². The van der Waals surface area contributed by atoms with Gasteiger partial charge in [-0.2, -0.15) is 0 Å². The van der Waals surface area contributed by atoms with Crippen LogP contribution in [0.25, 0.3) is 0 Å². The normalized spacial score (nSPS) is 34.4. The largest absolute Gasteiger partial charge is 0.312 e. The highest BCUT2D eigenvalue weighted by Crippen LogP contribution is 2.34. The molecule has 0 spiro atoms. The van der Waals surface area contributed by atoms with Crippen LogP contribution in [0.4, 0.5) is 0 Å². The third-order valence-electron chi connectivity index (χ3n) is 3.81. The molecule has 2 fully saturated rings. The van der Waals surface area contributed by atoms with Crippen LogP contribution >= 0.6 is 0 Å². The topological polar surface area (TPSA) is 15.3 Å². The molecular formula is C13H26N2. The monoisotopic (exact) mass is 210 g/mol. The zero-order chi connectivity index (χ0) is 10.8. The van der Waals surface area contributed by atoms with Crippen molar-refractivity contribution in [2.45, 2.75) is 52.1 Å². The van der Waals surface area contributed by atoms with Crippen LogP contribution in [-0.4, -0.2) is 36.6 Å². The summed E-state index contributed by atoms with van der Waals surface area (Å²) in [5, 5.41) is 3.74. The summed E-state index contributed by atoms with van der Waals surface area (Å²) in [4.78, 5) is 2.70. The highest BCUT2D eigenvalue weighted by atomic mass is 15.2. The Bertz CT molecular complexity index is 199. The molecule has 2 nitrogen and oxygen atoms in total. The first-order valence-corrected chi connectivity index (χ1v) is 6.64. The Morgan fingerprint density at radius 2 is 2.00 bits per heavy atom. The second kappa shape index (κ2) is 4.84. The lowest BCUT2D eigenvalue weighted by Gasteiger charge is -2.30. The molecule has 2 aliphatic rings. The zero-order valence-electron chi connectivity index (χ0n) is 10.5. The van der Waals surface area contributed by atoms with Gasteiger partial charge in [0, 0.05) is 25.2 Å². The molecular weight excluding hydrogens is 184 g/mol. The molecule has 1 saturated carbocycles. The van der Waals surface area contributed by atoms with Crippen LogP contribution in [0.3, 0.4) is 0 Å². The lowest BCUT2D eigenvalue weighted by molar-refractivity contribution is 0.178. The Kier molecular flexibility index (Phi) is 3.68. The molecule has 2 atom stereocenters. The summed E-state index contributed by atoms with van der Waals surface area (Å²) < 4.78 is 0. The molecule has 0 aromatic rings. The van der Waals surface area contributed by atoms with E-state index in [0.29, 0.717) is 0 Å². The molecule has 2 rings (SSSR count). The molecule has 0 radical (unpaired) electrons. The zero-order valence-corrected chi connectivity index (χ0v) is 10.5. The van der Waals surface area contributed by atoms with Crippen LogP contribution in [0.1, 0.15) is 40.0 Å². The van der Waals surface area contributed by atoms with E-state index in [2.05, 4.69) is 31.0 Å². The quantitative estimate of drug-likeness (QED) is 0.767. The van der Waals surface area contributed by atoms with Crippen molar-refractivity contribution in [1.82, 2.24) is 10.2 Å². The molecule has 0 aromatic carbocycles. The number of hydrogen-bond acceptors (Lipinski definition) is 2. The van der Waals surface area contributed by atoms with Crippen molar-refractivity contribution in [3.8, 4) is 0 Å². The fourth-order valence-electron chi connectivity index (χ4n) is 2.70. The maximum Gasteiger partial charge on any atom is 0.0223 e. The van der Waals surface area contributed by atoms with E-state index in [1.54, 1.807) is 0 Å². The summed E-state index contributed by atoms with van der Waals surface area (Å²) in [5.41, 5.74) is 0. The average molecular weight is 210 g/mol. The summed E-state index contributed by atoms with van der Waals surface area (Å²) in [7, 11) is 0. The molecule has 1 heterocycles. The van der Waals surface area contributed by atoms with Crippen molar-refractivity contribution in [3.05, 3.63) is 0 Å². The third kappa shape index (κ3) is 3.18. The van der Waals surface area contributed by atoms with Gasteiger partial charge in [0.1, 0.15) is 0 Å². The van der Waals surface area contributed by atoms with Crippen LogP contribution in [0, 0.1) is 11.8 Å². The van der Waals surface area contributed by atoms with E-state index in [1.807, 2.05) is 0 Å². The number of nitrogens with zero attached hydrogens (tertiary/aromatic N) is 1. The molecule has 0 bridgehead atoms. The van der Waals surface area contributed by atoms with E-state index in [9.17, 15) is 0 Å². The van der Waals surface area contributed by atoms with Gasteiger partial charge in [-0.05, 0) is 44.6 Å². The maximum atomic E-state index is 3.74. The minimum absolute atomic E-state index is 0.767. The van der Waals surface area contributed by atoms with E-state index in [-0.39, 0.29) is 0 Å². The first kappa shape index (κ1) is 11.4. The van der Waals surface area contributed by atoms with Gasteiger partial charge in [0.15, 0.2) is 0 Å². The van der Waals surface area contributed by atoms with Gasteiger partial charge in [-0.25, -0.2) is 0 Å². The van der Waals surface area contributed by atoms with E-state index in [4.69, 9.17) is 0 Å². The summed E-state index contributed by atoms with van der Waals surface area (Å²) in [5.74, 6) is 1.79. The van der Waals surface area contributed by atoms with Crippen LogP contribution in [0.15, 0.2) is 0 Å². The summed E-state index contributed by atoms with van der Waals surface area (Å²) in [6.07, 6.45) is 4.24. The SMILES string of the molecule is CC(C)CN1CC(C2CC2)NCCC1C. The highest BCUT2D eigenvalue weighted by Gasteiger charge is 2.34. The predicted molar refractivity (Wildman–Crippen MR) is 65.0 cm³/mol. The Morgan fingerprint density at radius 1 is 1.27 bits per heavy atom. The molecule has 1 aliphatic carbocycles. The third-order valence-corrected chi connectivity index (χ3v) is 3.81. The van der Waals surface area contributed by atoms with Crippen LogP contribution in [-0.2, 0) is 0 Å². The van der Waals surface area contributed by atoms with Crippen molar-refractivity contribution >= 4 is 0 Å². The fraction of sp³-hybridized carbons (Fsp3) is 1.00. The molecule has 2 unspecified atom stereocenters. The first-order chi connectivity index (χ1) is 7.16. The second-order valence-corrected chi connectivity index (χ2v) is 5.88. The average Bonchev–Trinajstić information content (AvgIpc) is 2.94. The Balaban J connectivity index is 1.91. The summed E-state index contributed by atoms with van der Waals surface area (Å²) in [6, 6.07) is 1.55. The van der Waals surface area contributed by atoms with E-state index < -0.39 is 0 Å². The van der Waals surface area contributed by atoms with Gasteiger partial charge < -0.3 is 5.32 Å². The minimum atomic E-state index is 0.767. The highest BCUT2D eigenvalue weighted by molar-refractivity contribution is 4.91. The Morgan fingerprint density at radius 3 is 2.60 bits per heavy atom. The van der Waals surface area contributed by atoms with Crippen molar-refractivity contribution in [3.63, 3.8) is 0 Å². The van der Waals surface area contributed by atoms with Gasteiger partial charge in [-0.15, -0.1) is 0 Å². The van der Waals surface area contributed by atoms with Crippen molar-refractivity contribution in [1.29, 1.82) is 0 Å². The first-order valence-electron chi connectivity index (χ1n) is 6.64. The van der Waals surface area contributed by atoms with Crippen molar-refractivity contribution in [2.24, 2.45) is 11.8 Å². The standard InChI is InChI=1S/C13H26N2/c1-10(2)8-15-9-13(12-4-5-12)14-7-6-11(15)3/h10-14H,4-9H2,1-3H3. The minimum Gasteiger partial charge on any atom is -0.312 e. The molecule has 15 heavy (non-hydrogen) atoms. The van der Waals surface area contributed by atoms with Gasteiger partial charge >= 0.3 is 0 Å². The maximum absolute atomic E-state index is 3.74. The van der Waals surface area contributed by atoms with Gasteiger partial charge in [-0.1, -0.05) is 13.8 Å². The van der Waals surface area contributed by atoms with Gasteiger partial charge in [0.2, 0.25) is 0 Å². The van der Waals surface area contributed by atoms with E-state index in [0.717, 1.165) is 23.9 Å². The molecule has 0 aromatic heterocycles. The van der Waals surface area contributed by atoms with Crippen LogP contribution in [0.5, 0.6) is 0 Å². The fourth-order valence-corrected chi connectivity index (χ4v) is 2.70. The van der Waals surface area contributed by atoms with Crippen LogP contribution in [0.2, 0.25) is 0 Å². The van der Waals surface area contributed by atoms with Gasteiger partial charge in [-0.3, -0.25) is 4.90 Å². The summed E-state index contributed by atoms with van der Waals surface area (Å²) in [6.45, 7) is 10.8. The van der Waals surface area contributed by atoms with E-state index >= 15 is 0 Å². The molecule has 1 saturated heterocycles. The second-order valence-electron chi connectivity index (χ2n) is 5.88. The molecule has 1 N–H and O–H groups in total. The smallest absolute Gasteiger partial charge is 0.0223 e. The number of rotatable bonds is 3. The molecule has 88 valence electrons. The van der Waals surface area contributed by atoms with Gasteiger partial charge in [0.25, 0.3) is 0 Å². The van der Waals surface area contributed by atoms with Crippen molar-refractivity contribution in [2.75, 3.05) is 19.6 Å². The van der Waals surface area contributed by atoms with Crippen LogP contribution < -0.4 is 5.32 Å². The van der Waals surface area contributed by atoms with E-state index in [1.165, 1.54) is 38.9 Å².